The first-order chi connectivity index (χ1) is 17.1. The molecule has 0 radical (unpaired) electrons. The van der Waals surface area contributed by atoms with Crippen molar-refractivity contribution in [3.8, 4) is 0 Å². The molecule has 1 aromatic heterocycles. The van der Waals surface area contributed by atoms with Gasteiger partial charge in [0.05, 0.1) is 12.8 Å². The minimum atomic E-state index is -0.878. The van der Waals surface area contributed by atoms with Crippen molar-refractivity contribution in [2.75, 3.05) is 11.4 Å². The van der Waals surface area contributed by atoms with Crippen LogP contribution in [0.3, 0.4) is 0 Å². The van der Waals surface area contributed by atoms with Crippen LogP contribution in [-0.4, -0.2) is 30.3 Å². The Bertz CT molecular complexity index is 1120. The second-order valence-electron chi connectivity index (χ2n) is 8.75. The highest BCUT2D eigenvalue weighted by Gasteiger charge is 2.34. The molecule has 4 rings (SSSR count). The summed E-state index contributed by atoms with van der Waals surface area (Å²) in [5.41, 5.74) is 2.44. The van der Waals surface area contributed by atoms with Crippen LogP contribution < -0.4 is 15.5 Å². The van der Waals surface area contributed by atoms with E-state index in [9.17, 15) is 14.4 Å². The lowest BCUT2D eigenvalue weighted by molar-refractivity contribution is -0.126. The number of aryl methyl sites for hydroxylation is 1. The fourth-order valence-corrected chi connectivity index (χ4v) is 4.47. The van der Waals surface area contributed by atoms with Gasteiger partial charge in [0, 0.05) is 11.7 Å². The summed E-state index contributed by atoms with van der Waals surface area (Å²) < 4.78 is 5.12. The van der Waals surface area contributed by atoms with Gasteiger partial charge in [0.25, 0.3) is 5.91 Å². The summed E-state index contributed by atoms with van der Waals surface area (Å²) >= 11 is 0. The van der Waals surface area contributed by atoms with Gasteiger partial charge in [-0.25, -0.2) is 0 Å². The molecule has 7 nitrogen and oxygen atoms in total. The van der Waals surface area contributed by atoms with E-state index >= 15 is 0 Å². The van der Waals surface area contributed by atoms with Crippen molar-refractivity contribution in [1.82, 2.24) is 10.6 Å². The monoisotopic (exact) mass is 473 g/mol. The van der Waals surface area contributed by atoms with Gasteiger partial charge in [0.15, 0.2) is 5.76 Å². The lowest BCUT2D eigenvalue weighted by Crippen LogP contribution is -2.49. The molecule has 1 saturated carbocycles. The first-order valence-electron chi connectivity index (χ1n) is 12.1. The molecule has 2 N–H and O–H groups in total. The summed E-state index contributed by atoms with van der Waals surface area (Å²) in [6, 6.07) is 19.2. The molecule has 1 heterocycles. The first-order valence-corrected chi connectivity index (χ1v) is 12.1. The van der Waals surface area contributed by atoms with Crippen LogP contribution in [0, 0.1) is 0 Å². The van der Waals surface area contributed by atoms with Gasteiger partial charge >= 0.3 is 0 Å². The van der Waals surface area contributed by atoms with Crippen LogP contribution in [0.2, 0.25) is 0 Å². The highest BCUT2D eigenvalue weighted by atomic mass is 16.3. The molecule has 3 amide bonds. The summed E-state index contributed by atoms with van der Waals surface area (Å²) in [7, 11) is 0. The lowest BCUT2D eigenvalue weighted by Gasteiger charge is -2.32. The molecule has 2 aromatic carbocycles. The zero-order valence-corrected chi connectivity index (χ0v) is 19.9. The molecular formula is C28H31N3O4. The molecule has 182 valence electrons. The molecule has 35 heavy (non-hydrogen) atoms. The van der Waals surface area contributed by atoms with E-state index in [1.54, 1.807) is 18.2 Å². The second-order valence-corrected chi connectivity index (χ2v) is 8.75. The van der Waals surface area contributed by atoms with Gasteiger partial charge in [-0.2, -0.15) is 0 Å². The number of nitrogens with zero attached hydrogens (tertiary/aromatic N) is 1. The van der Waals surface area contributed by atoms with Gasteiger partial charge in [-0.1, -0.05) is 62.2 Å². The van der Waals surface area contributed by atoms with E-state index in [4.69, 9.17) is 4.42 Å². The maximum atomic E-state index is 13.7. The van der Waals surface area contributed by atoms with E-state index < -0.39 is 17.9 Å². The molecule has 0 bridgehead atoms. The molecule has 1 fully saturated rings. The van der Waals surface area contributed by atoms with Crippen molar-refractivity contribution in [2.24, 2.45) is 0 Å². The molecule has 3 aromatic rings. The fourth-order valence-electron chi connectivity index (χ4n) is 4.47. The Morgan fingerprint density at radius 1 is 0.971 bits per heavy atom. The van der Waals surface area contributed by atoms with Crippen LogP contribution in [0.15, 0.2) is 77.4 Å². The van der Waals surface area contributed by atoms with Crippen molar-refractivity contribution in [1.29, 1.82) is 0 Å². The molecule has 1 aliphatic carbocycles. The highest BCUT2D eigenvalue weighted by Crippen LogP contribution is 2.29. The minimum absolute atomic E-state index is 0.103. The Morgan fingerprint density at radius 3 is 2.31 bits per heavy atom. The number of benzene rings is 2. The topological polar surface area (TPSA) is 91.7 Å². The number of carbonyl (C=O) groups excluding carboxylic acids is 3. The van der Waals surface area contributed by atoms with Crippen molar-refractivity contribution >= 4 is 23.4 Å². The standard InChI is InChI=1S/C28H31N3O4/c1-2-20-14-16-21(17-15-20)26(28(34)30-22-9-6-7-10-22)31(23-11-4-3-5-12-23)25(32)19-29-27(33)24-13-8-18-35-24/h3-5,8,11-18,22,26H,2,6-7,9-10,19H2,1H3,(H,29,33)(H,30,34). The summed E-state index contributed by atoms with van der Waals surface area (Å²) in [5.74, 6) is -0.997. The smallest absolute Gasteiger partial charge is 0.287 e. The van der Waals surface area contributed by atoms with E-state index in [1.807, 2.05) is 42.5 Å². The Balaban J connectivity index is 1.66. The third kappa shape index (κ3) is 5.98. The second kappa shape index (κ2) is 11.5. The average molecular weight is 474 g/mol. The highest BCUT2D eigenvalue weighted by molar-refractivity contribution is 6.04. The van der Waals surface area contributed by atoms with Gasteiger partial charge in [-0.15, -0.1) is 0 Å². The summed E-state index contributed by atoms with van der Waals surface area (Å²) in [4.78, 5) is 41.2. The number of para-hydroxylation sites is 1. The van der Waals surface area contributed by atoms with E-state index in [2.05, 4.69) is 17.6 Å². The number of nitrogens with one attached hydrogen (secondary N) is 2. The van der Waals surface area contributed by atoms with Crippen molar-refractivity contribution in [3.05, 3.63) is 89.9 Å². The summed E-state index contributed by atoms with van der Waals surface area (Å²) in [5, 5.41) is 5.78. The van der Waals surface area contributed by atoms with Crippen molar-refractivity contribution in [3.63, 3.8) is 0 Å². The lowest BCUT2D eigenvalue weighted by atomic mass is 10.00. The van der Waals surface area contributed by atoms with Crippen LogP contribution in [-0.2, 0) is 16.0 Å². The average Bonchev–Trinajstić information content (AvgIpc) is 3.61. The Kier molecular flexibility index (Phi) is 7.98. The van der Waals surface area contributed by atoms with Gasteiger partial charge in [-0.05, 0) is 54.7 Å². The molecule has 0 saturated heterocycles. The van der Waals surface area contributed by atoms with Gasteiger partial charge < -0.3 is 15.1 Å². The van der Waals surface area contributed by atoms with Crippen LogP contribution in [0.4, 0.5) is 5.69 Å². The number of hydrogen-bond acceptors (Lipinski definition) is 4. The Morgan fingerprint density at radius 2 is 1.69 bits per heavy atom. The van der Waals surface area contributed by atoms with Gasteiger partial charge in [0.1, 0.15) is 6.04 Å². The van der Waals surface area contributed by atoms with Gasteiger partial charge in [-0.3, -0.25) is 19.3 Å². The summed E-state index contributed by atoms with van der Waals surface area (Å²) in [6.45, 7) is 1.79. The van der Waals surface area contributed by atoms with Crippen molar-refractivity contribution in [2.45, 2.75) is 51.1 Å². The first kappa shape index (κ1) is 24.3. The third-order valence-electron chi connectivity index (χ3n) is 6.36. The zero-order valence-electron chi connectivity index (χ0n) is 19.9. The van der Waals surface area contributed by atoms with Crippen LogP contribution in [0.1, 0.15) is 60.3 Å². The normalized spacial score (nSPS) is 14.3. The Hall–Kier alpha value is -3.87. The molecular weight excluding hydrogens is 442 g/mol. The molecule has 0 aliphatic heterocycles. The molecule has 7 heteroatoms. The number of anilines is 1. The molecule has 1 aliphatic rings. The van der Waals surface area contributed by atoms with Crippen LogP contribution in [0.5, 0.6) is 0 Å². The summed E-state index contributed by atoms with van der Waals surface area (Å²) in [6.07, 6.45) is 6.31. The number of carbonyl (C=O) groups is 3. The minimum Gasteiger partial charge on any atom is -0.459 e. The largest absolute Gasteiger partial charge is 0.459 e. The fraction of sp³-hybridized carbons (Fsp3) is 0.321. The van der Waals surface area contributed by atoms with Crippen LogP contribution >= 0.6 is 0 Å². The number of furan rings is 1. The van der Waals surface area contributed by atoms with E-state index in [0.717, 1.165) is 37.7 Å². The maximum Gasteiger partial charge on any atom is 0.287 e. The Labute approximate surface area is 205 Å². The number of amides is 3. The van der Waals surface area contributed by atoms with Gasteiger partial charge in [0.2, 0.25) is 11.8 Å². The predicted octanol–water partition coefficient (Wildman–Crippen LogP) is 4.41. The number of hydrogen-bond donors (Lipinski definition) is 2. The van der Waals surface area contributed by atoms with Crippen LogP contribution in [0.25, 0.3) is 0 Å². The zero-order chi connectivity index (χ0) is 24.6. The molecule has 1 unspecified atom stereocenters. The van der Waals surface area contributed by atoms with E-state index in [0.29, 0.717) is 11.3 Å². The quantitative estimate of drug-likeness (QED) is 0.482. The number of rotatable bonds is 9. The SMILES string of the molecule is CCc1ccc(C(C(=O)NC2CCCC2)N(C(=O)CNC(=O)c2ccco2)c2ccccc2)cc1. The molecule has 0 spiro atoms. The molecule has 1 atom stereocenters. The van der Waals surface area contributed by atoms with Crippen molar-refractivity contribution < 1.29 is 18.8 Å². The van der Waals surface area contributed by atoms with E-state index in [-0.39, 0.29) is 24.3 Å². The maximum absolute atomic E-state index is 13.7. The third-order valence-corrected chi connectivity index (χ3v) is 6.36. The van der Waals surface area contributed by atoms with E-state index in [1.165, 1.54) is 17.2 Å². The predicted molar refractivity (Wildman–Crippen MR) is 134 cm³/mol.